The topological polar surface area (TPSA) is 67.4 Å². The van der Waals surface area contributed by atoms with Crippen LogP contribution in [0.4, 0.5) is 5.69 Å². The maximum atomic E-state index is 11.6. The predicted molar refractivity (Wildman–Crippen MR) is 76.7 cm³/mol. The highest BCUT2D eigenvalue weighted by molar-refractivity contribution is 5.94. The number of amides is 2. The van der Waals surface area contributed by atoms with Crippen LogP contribution >= 0.6 is 0 Å². The van der Waals surface area contributed by atoms with E-state index in [2.05, 4.69) is 10.6 Å². The summed E-state index contributed by atoms with van der Waals surface area (Å²) in [7, 11) is 0. The molecule has 0 spiro atoms. The molecule has 0 saturated heterocycles. The van der Waals surface area contributed by atoms with Crippen molar-refractivity contribution in [2.24, 2.45) is 5.92 Å². The average Bonchev–Trinajstić information content (AvgIpc) is 2.42. The van der Waals surface area contributed by atoms with Gasteiger partial charge in [0.2, 0.25) is 5.91 Å². The number of hydrogen-bond acceptors (Lipinski definition) is 3. The van der Waals surface area contributed by atoms with Crippen LogP contribution < -0.4 is 15.4 Å². The Morgan fingerprint density at radius 1 is 1.40 bits per heavy atom. The summed E-state index contributed by atoms with van der Waals surface area (Å²) in [6.07, 6.45) is 1.20. The van der Waals surface area contributed by atoms with E-state index in [1.54, 1.807) is 6.07 Å². The largest absolute Gasteiger partial charge is 0.484 e. The molecule has 1 aromatic rings. The van der Waals surface area contributed by atoms with Gasteiger partial charge in [0.05, 0.1) is 0 Å². The molecule has 0 saturated carbocycles. The summed E-state index contributed by atoms with van der Waals surface area (Å²) in [5.74, 6) is 0.995. The van der Waals surface area contributed by atoms with Crippen molar-refractivity contribution in [3.8, 4) is 5.75 Å². The van der Waals surface area contributed by atoms with Gasteiger partial charge in [-0.15, -0.1) is 0 Å². The van der Waals surface area contributed by atoms with E-state index in [4.69, 9.17) is 4.74 Å². The molecule has 2 N–H and O–H groups in total. The highest BCUT2D eigenvalue weighted by Crippen LogP contribution is 2.26. The zero-order chi connectivity index (χ0) is 14.5. The Bertz CT molecular complexity index is 512. The fourth-order valence-corrected chi connectivity index (χ4v) is 1.97. The van der Waals surface area contributed by atoms with Crippen molar-refractivity contribution < 1.29 is 14.3 Å². The normalized spacial score (nSPS) is 13.7. The van der Waals surface area contributed by atoms with Gasteiger partial charge in [-0.25, -0.2) is 0 Å². The van der Waals surface area contributed by atoms with E-state index in [1.807, 2.05) is 26.0 Å². The second-order valence-electron chi connectivity index (χ2n) is 5.35. The van der Waals surface area contributed by atoms with Gasteiger partial charge in [0, 0.05) is 18.7 Å². The third-order valence-corrected chi connectivity index (χ3v) is 3.05. The quantitative estimate of drug-likeness (QED) is 0.860. The molecule has 1 aliphatic rings. The Balaban J connectivity index is 1.88. The standard InChI is InChI=1S/C15H20N2O3/c1-10(2)8-16-15(19)9-20-12-4-5-13-11(7-12)3-6-14(18)17-13/h4-5,7,10H,3,6,8-9H2,1-2H3,(H,16,19)(H,17,18). The molecule has 2 rings (SSSR count). The van der Waals surface area contributed by atoms with Crippen molar-refractivity contribution in [1.82, 2.24) is 5.32 Å². The Hall–Kier alpha value is -2.04. The zero-order valence-corrected chi connectivity index (χ0v) is 11.9. The van der Waals surface area contributed by atoms with Gasteiger partial charge in [-0.05, 0) is 36.1 Å². The summed E-state index contributed by atoms with van der Waals surface area (Å²) in [5.41, 5.74) is 1.88. The minimum absolute atomic E-state index is 0.0118. The monoisotopic (exact) mass is 276 g/mol. The molecule has 0 bridgehead atoms. The number of carbonyl (C=O) groups is 2. The first-order valence-corrected chi connectivity index (χ1v) is 6.87. The lowest BCUT2D eigenvalue weighted by Crippen LogP contribution is -2.31. The molecule has 2 amide bonds. The number of hydrogen-bond donors (Lipinski definition) is 2. The molecule has 5 nitrogen and oxygen atoms in total. The van der Waals surface area contributed by atoms with Gasteiger partial charge in [0.1, 0.15) is 5.75 Å². The number of nitrogens with one attached hydrogen (secondary N) is 2. The Kier molecular flexibility index (Phi) is 4.61. The third-order valence-electron chi connectivity index (χ3n) is 3.05. The van der Waals surface area contributed by atoms with Gasteiger partial charge in [0.25, 0.3) is 5.91 Å². The minimum Gasteiger partial charge on any atom is -0.484 e. The number of carbonyl (C=O) groups excluding carboxylic acids is 2. The fourth-order valence-electron chi connectivity index (χ4n) is 1.97. The number of ether oxygens (including phenoxy) is 1. The summed E-state index contributed by atoms with van der Waals surface area (Å²) in [6.45, 7) is 4.74. The fraction of sp³-hybridized carbons (Fsp3) is 0.467. The predicted octanol–water partition coefficient (Wildman–Crippen LogP) is 1.72. The first kappa shape index (κ1) is 14.4. The van der Waals surface area contributed by atoms with Crippen LogP contribution in [0.1, 0.15) is 25.8 Å². The number of rotatable bonds is 5. The van der Waals surface area contributed by atoms with E-state index in [9.17, 15) is 9.59 Å². The van der Waals surface area contributed by atoms with Gasteiger partial charge >= 0.3 is 0 Å². The van der Waals surface area contributed by atoms with Crippen LogP contribution in [0.5, 0.6) is 5.75 Å². The van der Waals surface area contributed by atoms with Crippen molar-refractivity contribution in [3.63, 3.8) is 0 Å². The Morgan fingerprint density at radius 2 is 2.20 bits per heavy atom. The summed E-state index contributed by atoms with van der Waals surface area (Å²) < 4.78 is 5.47. The minimum atomic E-state index is -0.121. The van der Waals surface area contributed by atoms with Crippen molar-refractivity contribution in [3.05, 3.63) is 23.8 Å². The van der Waals surface area contributed by atoms with Gasteiger partial charge < -0.3 is 15.4 Å². The highest BCUT2D eigenvalue weighted by atomic mass is 16.5. The second-order valence-corrected chi connectivity index (χ2v) is 5.35. The molecule has 1 aliphatic heterocycles. The first-order chi connectivity index (χ1) is 9.54. The van der Waals surface area contributed by atoms with Crippen LogP contribution in [-0.4, -0.2) is 25.0 Å². The van der Waals surface area contributed by atoms with E-state index >= 15 is 0 Å². The summed E-state index contributed by atoms with van der Waals surface area (Å²) >= 11 is 0. The maximum absolute atomic E-state index is 11.6. The molecule has 0 atom stereocenters. The van der Waals surface area contributed by atoms with Gasteiger partial charge in [-0.1, -0.05) is 13.8 Å². The first-order valence-electron chi connectivity index (χ1n) is 6.87. The van der Waals surface area contributed by atoms with Crippen molar-refractivity contribution in [2.75, 3.05) is 18.5 Å². The lowest BCUT2D eigenvalue weighted by Gasteiger charge is -2.17. The van der Waals surface area contributed by atoms with Crippen LogP contribution in [0, 0.1) is 5.92 Å². The molecule has 0 aliphatic carbocycles. The van der Waals surface area contributed by atoms with E-state index in [0.717, 1.165) is 11.3 Å². The average molecular weight is 276 g/mol. The summed E-state index contributed by atoms with van der Waals surface area (Å²) in [5, 5.41) is 5.61. The van der Waals surface area contributed by atoms with E-state index in [1.165, 1.54) is 0 Å². The van der Waals surface area contributed by atoms with Crippen LogP contribution in [0.15, 0.2) is 18.2 Å². The van der Waals surface area contributed by atoms with Crippen molar-refractivity contribution in [2.45, 2.75) is 26.7 Å². The third kappa shape index (κ3) is 3.98. The lowest BCUT2D eigenvalue weighted by molar-refractivity contribution is -0.123. The van der Waals surface area contributed by atoms with Crippen LogP contribution in [0.25, 0.3) is 0 Å². The van der Waals surface area contributed by atoms with Crippen LogP contribution in [-0.2, 0) is 16.0 Å². The van der Waals surface area contributed by atoms with Crippen LogP contribution in [0.2, 0.25) is 0 Å². The maximum Gasteiger partial charge on any atom is 0.257 e. The Morgan fingerprint density at radius 3 is 2.95 bits per heavy atom. The number of aryl methyl sites for hydroxylation is 1. The van der Waals surface area contributed by atoms with Gasteiger partial charge in [0.15, 0.2) is 6.61 Å². The molecule has 0 unspecified atom stereocenters. The zero-order valence-electron chi connectivity index (χ0n) is 11.9. The number of anilines is 1. The lowest BCUT2D eigenvalue weighted by atomic mass is 10.0. The number of fused-ring (bicyclic) bond motifs is 1. The molecule has 1 heterocycles. The molecule has 1 aromatic carbocycles. The van der Waals surface area contributed by atoms with Gasteiger partial charge in [-0.3, -0.25) is 9.59 Å². The van der Waals surface area contributed by atoms with E-state index < -0.39 is 0 Å². The smallest absolute Gasteiger partial charge is 0.257 e. The van der Waals surface area contributed by atoms with Crippen molar-refractivity contribution >= 4 is 17.5 Å². The molecular weight excluding hydrogens is 256 g/mol. The molecular formula is C15H20N2O3. The van der Waals surface area contributed by atoms with Crippen molar-refractivity contribution in [1.29, 1.82) is 0 Å². The van der Waals surface area contributed by atoms with Crippen LogP contribution in [0.3, 0.4) is 0 Å². The number of benzene rings is 1. The summed E-state index contributed by atoms with van der Waals surface area (Å²) in [4.78, 5) is 22.8. The molecule has 0 fully saturated rings. The van der Waals surface area contributed by atoms with Gasteiger partial charge in [-0.2, -0.15) is 0 Å². The Labute approximate surface area is 118 Å². The molecule has 108 valence electrons. The van der Waals surface area contributed by atoms with E-state index in [0.29, 0.717) is 31.1 Å². The second kappa shape index (κ2) is 6.41. The SMILES string of the molecule is CC(C)CNC(=O)COc1ccc2c(c1)CCC(=O)N2. The molecule has 0 radical (unpaired) electrons. The molecule has 0 aromatic heterocycles. The summed E-state index contributed by atoms with van der Waals surface area (Å²) in [6, 6.07) is 5.46. The van der Waals surface area contributed by atoms with E-state index in [-0.39, 0.29) is 18.4 Å². The molecule has 20 heavy (non-hydrogen) atoms. The highest BCUT2D eigenvalue weighted by Gasteiger charge is 2.15. The molecule has 5 heteroatoms.